The summed E-state index contributed by atoms with van der Waals surface area (Å²) in [6.45, 7) is 4.41. The first-order chi connectivity index (χ1) is 7.19. The Hall–Kier alpha value is -1.22. The summed E-state index contributed by atoms with van der Waals surface area (Å²) in [5, 5.41) is 10.1. The molecule has 0 saturated heterocycles. The first-order valence-corrected chi connectivity index (χ1v) is 5.28. The molecule has 0 bridgehead atoms. The highest BCUT2D eigenvalue weighted by Gasteiger charge is 2.03. The Kier molecular flexibility index (Phi) is 2.82. The predicted octanol–water partition coefficient (Wildman–Crippen LogP) is 1.60. The molecule has 0 fully saturated rings. The number of hydrogen-bond donors (Lipinski definition) is 2. The third-order valence-corrected chi connectivity index (χ3v) is 2.48. The topological polar surface area (TPSA) is 36.0 Å². The molecule has 1 radical (unpaired) electrons. The van der Waals surface area contributed by atoms with Crippen LogP contribution in [0.2, 0.25) is 0 Å². The largest absolute Gasteiger partial charge is 0.450 e. The molecule has 2 nitrogen and oxygen atoms in total. The van der Waals surface area contributed by atoms with E-state index in [2.05, 4.69) is 24.9 Å². The number of aromatic nitrogens is 1. The van der Waals surface area contributed by atoms with Crippen LogP contribution >= 0.6 is 0 Å². The third kappa shape index (κ3) is 2.24. The number of benzene rings is 1. The summed E-state index contributed by atoms with van der Waals surface area (Å²) in [7, 11) is 1.13. The average molecular weight is 200 g/mol. The van der Waals surface area contributed by atoms with Crippen LogP contribution in [0.15, 0.2) is 24.3 Å². The van der Waals surface area contributed by atoms with E-state index in [9.17, 15) is 0 Å². The van der Waals surface area contributed by atoms with Gasteiger partial charge in [-0.2, -0.15) is 0 Å². The highest BCUT2D eigenvalue weighted by molar-refractivity contribution is 6.45. The number of H-pyrrole nitrogens is 1. The zero-order valence-electron chi connectivity index (χ0n) is 9.12. The second kappa shape index (κ2) is 4.11. The molecule has 1 aromatic carbocycles. The molecule has 0 atom stereocenters. The normalized spacial score (nSPS) is 11.2. The summed E-state index contributed by atoms with van der Waals surface area (Å²) >= 11 is 0. The number of fused-ring (bicyclic) bond motifs is 1. The maximum absolute atomic E-state index is 8.91. The number of nitrogens with one attached hydrogen (secondary N) is 1. The van der Waals surface area contributed by atoms with Crippen molar-refractivity contribution >= 4 is 23.8 Å². The van der Waals surface area contributed by atoms with E-state index in [4.69, 9.17) is 5.02 Å². The molecule has 3 heteroatoms. The van der Waals surface area contributed by atoms with Gasteiger partial charge in [-0.3, -0.25) is 0 Å². The molecule has 0 aliphatic rings. The summed E-state index contributed by atoms with van der Waals surface area (Å²) in [6, 6.07) is 8.07. The van der Waals surface area contributed by atoms with Gasteiger partial charge in [-0.25, -0.2) is 0 Å². The summed E-state index contributed by atoms with van der Waals surface area (Å²) < 4.78 is 0. The lowest BCUT2D eigenvalue weighted by molar-refractivity contribution is 0.615. The van der Waals surface area contributed by atoms with E-state index in [1.165, 1.54) is 11.1 Å². The van der Waals surface area contributed by atoms with Crippen LogP contribution < -0.4 is 5.46 Å². The quantitative estimate of drug-likeness (QED) is 0.725. The summed E-state index contributed by atoms with van der Waals surface area (Å²) in [6.07, 6.45) is 1.06. The summed E-state index contributed by atoms with van der Waals surface area (Å²) in [5.74, 6) is 0.655. The second-order valence-corrected chi connectivity index (χ2v) is 4.37. The standard InChI is InChI=1S/C12H15BNO/c1-8(2)5-11-6-9-3-4-10(13-15)7-12(9)14-11/h3-4,6-8,14-15H,5H2,1-2H3. The lowest BCUT2D eigenvalue weighted by Gasteiger charge is -1.99. The van der Waals surface area contributed by atoms with Gasteiger partial charge in [0.15, 0.2) is 0 Å². The van der Waals surface area contributed by atoms with Gasteiger partial charge >= 0.3 is 7.48 Å². The van der Waals surface area contributed by atoms with Crippen molar-refractivity contribution in [1.82, 2.24) is 4.98 Å². The summed E-state index contributed by atoms with van der Waals surface area (Å²) in [4.78, 5) is 3.37. The Morgan fingerprint density at radius 1 is 1.33 bits per heavy atom. The molecule has 0 unspecified atom stereocenters. The molecule has 2 aromatic rings. The Morgan fingerprint density at radius 2 is 2.13 bits per heavy atom. The highest BCUT2D eigenvalue weighted by atomic mass is 16.2. The van der Waals surface area contributed by atoms with Gasteiger partial charge in [0.25, 0.3) is 0 Å². The Labute approximate surface area is 90.6 Å². The highest BCUT2D eigenvalue weighted by Crippen LogP contribution is 2.16. The van der Waals surface area contributed by atoms with Gasteiger partial charge in [-0.15, -0.1) is 0 Å². The molecule has 77 valence electrons. The van der Waals surface area contributed by atoms with Gasteiger partial charge in [0.1, 0.15) is 0 Å². The fourth-order valence-electron chi connectivity index (χ4n) is 1.83. The van der Waals surface area contributed by atoms with Crippen LogP contribution in [0.3, 0.4) is 0 Å². The van der Waals surface area contributed by atoms with Crippen LogP contribution in [0, 0.1) is 5.92 Å². The van der Waals surface area contributed by atoms with Crippen LogP contribution in [-0.4, -0.2) is 17.5 Å². The maximum atomic E-state index is 8.91. The maximum Gasteiger partial charge on any atom is 0.326 e. The van der Waals surface area contributed by atoms with Crippen molar-refractivity contribution in [3.05, 3.63) is 30.0 Å². The Balaban J connectivity index is 2.37. The van der Waals surface area contributed by atoms with E-state index < -0.39 is 0 Å². The minimum absolute atomic E-state index is 0.655. The van der Waals surface area contributed by atoms with Gasteiger partial charge < -0.3 is 10.0 Å². The van der Waals surface area contributed by atoms with Gasteiger partial charge in [0.2, 0.25) is 0 Å². The molecule has 0 saturated carbocycles. The second-order valence-electron chi connectivity index (χ2n) is 4.37. The zero-order chi connectivity index (χ0) is 10.8. The van der Waals surface area contributed by atoms with Crippen molar-refractivity contribution in [3.8, 4) is 0 Å². The monoisotopic (exact) mass is 200 g/mol. The minimum atomic E-state index is 0.655. The first-order valence-electron chi connectivity index (χ1n) is 5.28. The lowest BCUT2D eigenvalue weighted by Crippen LogP contribution is -2.11. The number of aromatic amines is 1. The van der Waals surface area contributed by atoms with E-state index in [1.54, 1.807) is 0 Å². The lowest BCUT2D eigenvalue weighted by atomic mass is 9.88. The average Bonchev–Trinajstić information content (AvgIpc) is 2.57. The predicted molar refractivity (Wildman–Crippen MR) is 64.4 cm³/mol. The van der Waals surface area contributed by atoms with Crippen LogP contribution in [0.1, 0.15) is 19.5 Å². The van der Waals surface area contributed by atoms with E-state index in [0.29, 0.717) is 5.92 Å². The van der Waals surface area contributed by atoms with E-state index in [0.717, 1.165) is 24.9 Å². The van der Waals surface area contributed by atoms with Gasteiger partial charge in [-0.05, 0) is 29.9 Å². The molecule has 15 heavy (non-hydrogen) atoms. The summed E-state index contributed by atoms with van der Waals surface area (Å²) in [5.41, 5.74) is 3.18. The van der Waals surface area contributed by atoms with Crippen molar-refractivity contribution in [2.45, 2.75) is 20.3 Å². The van der Waals surface area contributed by atoms with Crippen molar-refractivity contribution in [2.24, 2.45) is 5.92 Å². The molecular weight excluding hydrogens is 185 g/mol. The molecular formula is C12H15BNO. The van der Waals surface area contributed by atoms with Crippen molar-refractivity contribution < 1.29 is 5.02 Å². The van der Waals surface area contributed by atoms with Crippen molar-refractivity contribution in [2.75, 3.05) is 0 Å². The number of rotatable bonds is 3. The molecule has 2 rings (SSSR count). The van der Waals surface area contributed by atoms with E-state index >= 15 is 0 Å². The molecule has 0 amide bonds. The van der Waals surface area contributed by atoms with Gasteiger partial charge in [0, 0.05) is 11.2 Å². The molecule has 0 aliphatic heterocycles. The Bertz CT molecular complexity index is 462. The molecule has 2 N–H and O–H groups in total. The molecule has 1 aromatic heterocycles. The fraction of sp³-hybridized carbons (Fsp3) is 0.333. The fourth-order valence-corrected chi connectivity index (χ4v) is 1.83. The Morgan fingerprint density at radius 3 is 2.80 bits per heavy atom. The first kappa shape index (κ1) is 10.3. The molecule has 1 heterocycles. The smallest absolute Gasteiger partial charge is 0.326 e. The minimum Gasteiger partial charge on any atom is -0.450 e. The van der Waals surface area contributed by atoms with E-state index in [1.807, 2.05) is 18.2 Å². The van der Waals surface area contributed by atoms with Crippen molar-refractivity contribution in [1.29, 1.82) is 0 Å². The number of hydrogen-bond acceptors (Lipinski definition) is 1. The SMILES string of the molecule is CC(C)Cc1cc2ccc([B]O)cc2[nH]1. The van der Waals surface area contributed by atoms with Crippen LogP contribution in [0.25, 0.3) is 10.9 Å². The molecule has 0 aliphatic carbocycles. The third-order valence-electron chi connectivity index (χ3n) is 2.48. The van der Waals surface area contributed by atoms with Gasteiger partial charge in [0.05, 0.1) is 0 Å². The van der Waals surface area contributed by atoms with Crippen LogP contribution in [-0.2, 0) is 6.42 Å². The molecule has 0 spiro atoms. The van der Waals surface area contributed by atoms with Crippen LogP contribution in [0.4, 0.5) is 0 Å². The van der Waals surface area contributed by atoms with Crippen molar-refractivity contribution in [3.63, 3.8) is 0 Å². The zero-order valence-corrected chi connectivity index (χ0v) is 9.12. The van der Waals surface area contributed by atoms with Crippen LogP contribution in [0.5, 0.6) is 0 Å². The van der Waals surface area contributed by atoms with E-state index in [-0.39, 0.29) is 0 Å². The van der Waals surface area contributed by atoms with Gasteiger partial charge in [-0.1, -0.05) is 31.4 Å².